The quantitative estimate of drug-likeness (QED) is 0.651. The molecule has 2 aromatic carbocycles. The van der Waals surface area contributed by atoms with Gasteiger partial charge in [-0.25, -0.2) is 13.2 Å². The highest BCUT2D eigenvalue weighted by atomic mass is 35.5. The lowest BCUT2D eigenvalue weighted by atomic mass is 10.1. The van der Waals surface area contributed by atoms with Crippen LogP contribution in [0.3, 0.4) is 0 Å². The Morgan fingerprint density at radius 1 is 1.24 bits per heavy atom. The first-order chi connectivity index (χ1) is 13.8. The van der Waals surface area contributed by atoms with E-state index in [0.29, 0.717) is 16.3 Å². The molecule has 0 spiro atoms. The van der Waals surface area contributed by atoms with Crippen molar-refractivity contribution in [3.05, 3.63) is 59.2 Å². The van der Waals surface area contributed by atoms with Gasteiger partial charge in [0.25, 0.3) is 0 Å². The van der Waals surface area contributed by atoms with Crippen molar-refractivity contribution in [3.63, 3.8) is 0 Å². The fraction of sp³-hybridized carbons (Fsp3) is 0.286. The number of anilines is 1. The van der Waals surface area contributed by atoms with Crippen LogP contribution in [0.4, 0.5) is 10.5 Å². The van der Waals surface area contributed by atoms with Crippen LogP contribution in [0.1, 0.15) is 24.9 Å². The number of carbonyl (C=O) groups is 1. The highest BCUT2D eigenvalue weighted by Gasteiger charge is 2.38. The molecule has 0 fully saturated rings. The maximum atomic E-state index is 12.9. The molecule has 0 bridgehead atoms. The minimum absolute atomic E-state index is 0.148. The zero-order valence-electron chi connectivity index (χ0n) is 16.2. The van der Waals surface area contributed by atoms with Gasteiger partial charge < -0.3 is 14.8 Å². The average molecular weight is 432 g/mol. The molecule has 29 heavy (non-hydrogen) atoms. The topological polar surface area (TPSA) is 71.4 Å². The molecule has 0 saturated heterocycles. The molecule has 0 aliphatic carbocycles. The van der Waals surface area contributed by atoms with Gasteiger partial charge in [-0.15, -0.1) is 0 Å². The second-order valence-corrected chi connectivity index (χ2v) is 9.74. The van der Waals surface area contributed by atoms with Gasteiger partial charge in [0.2, 0.25) is 0 Å². The molecule has 1 aliphatic rings. The first-order valence-corrected chi connectivity index (χ1v) is 11.5. The van der Waals surface area contributed by atoms with Crippen LogP contribution >= 0.6 is 11.6 Å². The van der Waals surface area contributed by atoms with E-state index in [9.17, 15) is 13.2 Å². The van der Waals surface area contributed by atoms with Crippen LogP contribution in [0.5, 0.6) is 0 Å². The Bertz CT molecular complexity index is 1200. The van der Waals surface area contributed by atoms with E-state index in [0.717, 1.165) is 23.9 Å². The highest BCUT2D eigenvalue weighted by molar-refractivity contribution is 7.91. The van der Waals surface area contributed by atoms with Crippen molar-refractivity contribution in [2.75, 3.05) is 18.1 Å². The van der Waals surface area contributed by atoms with Crippen LogP contribution in [0, 0.1) is 0 Å². The third kappa shape index (κ3) is 3.60. The third-order valence-corrected chi connectivity index (χ3v) is 7.35. The number of urea groups is 1. The van der Waals surface area contributed by atoms with Gasteiger partial charge in [0.15, 0.2) is 9.84 Å². The van der Waals surface area contributed by atoms with E-state index in [1.165, 1.54) is 11.0 Å². The van der Waals surface area contributed by atoms with E-state index in [4.69, 9.17) is 11.6 Å². The first-order valence-electron chi connectivity index (χ1n) is 9.45. The van der Waals surface area contributed by atoms with Gasteiger partial charge in [-0.05, 0) is 53.8 Å². The van der Waals surface area contributed by atoms with Crippen LogP contribution in [0.25, 0.3) is 10.9 Å². The van der Waals surface area contributed by atoms with E-state index >= 15 is 0 Å². The lowest BCUT2D eigenvalue weighted by Gasteiger charge is -2.25. The molecule has 4 rings (SSSR count). The minimum atomic E-state index is -3.44. The number of hydrogen-bond donors (Lipinski definition) is 1. The summed E-state index contributed by atoms with van der Waals surface area (Å²) in [5.41, 5.74) is 2.27. The zero-order chi connectivity index (χ0) is 20.8. The molecule has 1 aromatic heterocycles. The standard InChI is InChI=1S/C21H22ClN3O3S/c1-3-9-25-10-8-14-4-6-16(12-18(14)25)23-21(26)24(2)19-13-29(27,28)20-7-5-15(22)11-17(19)20/h4-8,10-12,19H,3,9,13H2,1-2H3,(H,23,26). The minimum Gasteiger partial charge on any atom is -0.347 e. The second kappa shape index (κ2) is 7.39. The second-order valence-electron chi connectivity index (χ2n) is 7.30. The van der Waals surface area contributed by atoms with Gasteiger partial charge in [-0.3, -0.25) is 0 Å². The summed E-state index contributed by atoms with van der Waals surface area (Å²) in [4.78, 5) is 14.5. The largest absolute Gasteiger partial charge is 0.347 e. The first kappa shape index (κ1) is 19.8. The van der Waals surface area contributed by atoms with Gasteiger partial charge in [-0.2, -0.15) is 0 Å². The van der Waals surface area contributed by atoms with E-state index < -0.39 is 15.9 Å². The molecule has 1 aliphatic heterocycles. The number of benzene rings is 2. The van der Waals surface area contributed by atoms with E-state index in [-0.39, 0.29) is 16.7 Å². The Morgan fingerprint density at radius 3 is 2.79 bits per heavy atom. The molecule has 1 atom stereocenters. The van der Waals surface area contributed by atoms with Crippen LogP contribution < -0.4 is 5.32 Å². The van der Waals surface area contributed by atoms with Crippen LogP contribution in [-0.4, -0.2) is 36.7 Å². The molecule has 1 N–H and O–H groups in total. The van der Waals surface area contributed by atoms with Gasteiger partial charge in [0.1, 0.15) is 0 Å². The van der Waals surface area contributed by atoms with Crippen LogP contribution in [0.2, 0.25) is 5.02 Å². The molecule has 6 nitrogen and oxygen atoms in total. The number of fused-ring (bicyclic) bond motifs is 2. The van der Waals surface area contributed by atoms with Crippen molar-refractivity contribution in [1.82, 2.24) is 9.47 Å². The maximum Gasteiger partial charge on any atom is 0.322 e. The van der Waals surface area contributed by atoms with Gasteiger partial charge in [-0.1, -0.05) is 24.6 Å². The number of sulfone groups is 1. The fourth-order valence-electron chi connectivity index (χ4n) is 3.82. The molecule has 0 saturated carbocycles. The number of aryl methyl sites for hydroxylation is 1. The Balaban J connectivity index is 1.59. The number of amides is 2. The number of hydrogen-bond acceptors (Lipinski definition) is 3. The fourth-order valence-corrected chi connectivity index (χ4v) is 5.83. The summed E-state index contributed by atoms with van der Waals surface area (Å²) in [6.07, 6.45) is 3.05. The smallest absolute Gasteiger partial charge is 0.322 e. The van der Waals surface area contributed by atoms with Crippen LogP contribution in [-0.2, 0) is 16.4 Å². The Morgan fingerprint density at radius 2 is 2.03 bits per heavy atom. The summed E-state index contributed by atoms with van der Waals surface area (Å²) < 4.78 is 27.1. The lowest BCUT2D eigenvalue weighted by Crippen LogP contribution is -2.35. The van der Waals surface area contributed by atoms with Crippen molar-refractivity contribution in [1.29, 1.82) is 0 Å². The van der Waals surface area contributed by atoms with Crippen molar-refractivity contribution < 1.29 is 13.2 Å². The molecular formula is C21H22ClN3O3S. The van der Waals surface area contributed by atoms with Gasteiger partial charge >= 0.3 is 6.03 Å². The number of carbonyl (C=O) groups excluding carboxylic acids is 1. The number of nitrogens with one attached hydrogen (secondary N) is 1. The summed E-state index contributed by atoms with van der Waals surface area (Å²) in [6, 6.07) is 11.5. The summed E-state index contributed by atoms with van der Waals surface area (Å²) in [5.74, 6) is -0.148. The number of aromatic nitrogens is 1. The molecule has 2 heterocycles. The summed E-state index contributed by atoms with van der Waals surface area (Å²) >= 11 is 6.06. The molecule has 0 radical (unpaired) electrons. The Hall–Kier alpha value is -2.51. The van der Waals surface area contributed by atoms with Crippen molar-refractivity contribution >= 4 is 44.1 Å². The summed E-state index contributed by atoms with van der Waals surface area (Å²) in [7, 11) is -1.84. The van der Waals surface area contributed by atoms with Gasteiger partial charge in [0, 0.05) is 30.5 Å². The predicted molar refractivity (Wildman–Crippen MR) is 115 cm³/mol. The molecular weight excluding hydrogens is 410 g/mol. The van der Waals surface area contributed by atoms with E-state index in [2.05, 4.69) is 16.8 Å². The van der Waals surface area contributed by atoms with E-state index in [1.54, 1.807) is 19.2 Å². The zero-order valence-corrected chi connectivity index (χ0v) is 17.8. The highest BCUT2D eigenvalue weighted by Crippen LogP contribution is 2.38. The monoisotopic (exact) mass is 431 g/mol. The number of halogens is 1. The van der Waals surface area contributed by atoms with Crippen LogP contribution in [0.15, 0.2) is 53.6 Å². The molecule has 1 unspecified atom stereocenters. The molecule has 3 aromatic rings. The average Bonchev–Trinajstić information content (AvgIpc) is 3.19. The van der Waals surface area contributed by atoms with E-state index in [1.807, 2.05) is 30.5 Å². The SMILES string of the molecule is CCCn1ccc2ccc(NC(=O)N(C)C3CS(=O)(=O)c4ccc(Cl)cc43)cc21. The summed E-state index contributed by atoms with van der Waals surface area (Å²) in [5, 5.41) is 4.44. The van der Waals surface area contributed by atoms with Crippen molar-refractivity contribution in [3.8, 4) is 0 Å². The Labute approximate surface area is 175 Å². The van der Waals surface area contributed by atoms with Crippen molar-refractivity contribution in [2.24, 2.45) is 0 Å². The predicted octanol–water partition coefficient (Wildman–Crippen LogP) is 4.70. The van der Waals surface area contributed by atoms with Gasteiger partial charge in [0.05, 0.1) is 22.2 Å². The normalized spacial score (nSPS) is 17.3. The molecule has 2 amide bonds. The number of rotatable bonds is 4. The third-order valence-electron chi connectivity index (χ3n) is 5.32. The molecule has 8 heteroatoms. The summed E-state index contributed by atoms with van der Waals surface area (Å²) in [6.45, 7) is 3.02. The lowest BCUT2D eigenvalue weighted by molar-refractivity contribution is 0.209. The maximum absolute atomic E-state index is 12.9. The molecule has 152 valence electrons. The number of nitrogens with zero attached hydrogens (tertiary/aromatic N) is 2. The Kier molecular flexibility index (Phi) is 5.04. The van der Waals surface area contributed by atoms with Crippen molar-refractivity contribution in [2.45, 2.75) is 30.8 Å².